The van der Waals surface area contributed by atoms with E-state index < -0.39 is 17.2 Å². The van der Waals surface area contributed by atoms with Crippen LogP contribution in [0.1, 0.15) is 56.5 Å². The lowest BCUT2D eigenvalue weighted by Gasteiger charge is -2.49. The molecule has 3 aromatic carbocycles. The highest BCUT2D eigenvalue weighted by molar-refractivity contribution is 8.14. The van der Waals surface area contributed by atoms with Crippen molar-refractivity contribution in [3.63, 3.8) is 0 Å². The normalized spacial score (nSPS) is 17.2. The van der Waals surface area contributed by atoms with Crippen molar-refractivity contribution in [3.05, 3.63) is 131 Å². The summed E-state index contributed by atoms with van der Waals surface area (Å²) in [5.74, 6) is 0. The van der Waals surface area contributed by atoms with Gasteiger partial charge in [0, 0.05) is 31.5 Å². The Balaban J connectivity index is 1.61. The summed E-state index contributed by atoms with van der Waals surface area (Å²) in [4.78, 5) is 27.5. The first-order valence-electron chi connectivity index (χ1n) is 14.2. The molecule has 4 aromatic rings. The first-order chi connectivity index (χ1) is 20.2. The fraction of sp³-hybridized carbons (Fsp3) is 0.286. The van der Waals surface area contributed by atoms with Gasteiger partial charge in [-0.25, -0.2) is 4.79 Å². The molecule has 0 spiro atoms. The van der Waals surface area contributed by atoms with Crippen LogP contribution >= 0.6 is 11.8 Å². The second-order valence-corrected chi connectivity index (χ2v) is 12.9. The number of aromatic nitrogens is 2. The van der Waals surface area contributed by atoms with E-state index in [1.54, 1.807) is 13.1 Å². The SMILES string of the molecule is CC(=O)SC1CCN(C(c2ccccc2)(c2ccccc2)c2ccccc2)C/C1=C\c1ccn(C(=O)OC(C)(C)C)n1. The molecule has 0 radical (unpaired) electrons. The van der Waals surface area contributed by atoms with Gasteiger partial charge in [0.2, 0.25) is 0 Å². The Bertz CT molecular complexity index is 1450. The van der Waals surface area contributed by atoms with Crippen LogP contribution in [0.5, 0.6) is 0 Å². The Morgan fingerprint density at radius 2 is 1.38 bits per heavy atom. The van der Waals surface area contributed by atoms with Crippen molar-refractivity contribution < 1.29 is 14.3 Å². The topological polar surface area (TPSA) is 64.4 Å². The van der Waals surface area contributed by atoms with Crippen LogP contribution in [0.25, 0.3) is 6.08 Å². The third kappa shape index (κ3) is 6.42. The molecular weight excluding hydrogens is 542 g/mol. The Hall–Kier alpha value is -3.94. The molecule has 0 bridgehead atoms. The molecular formula is C35H37N3O3S. The van der Waals surface area contributed by atoms with Crippen LogP contribution in [0, 0.1) is 0 Å². The van der Waals surface area contributed by atoms with E-state index in [9.17, 15) is 9.59 Å². The highest BCUT2D eigenvalue weighted by Crippen LogP contribution is 2.45. The van der Waals surface area contributed by atoms with Crippen LogP contribution in [0.2, 0.25) is 0 Å². The Kier molecular flexibility index (Phi) is 8.80. The molecule has 0 aliphatic carbocycles. The van der Waals surface area contributed by atoms with Crippen molar-refractivity contribution in [2.24, 2.45) is 0 Å². The van der Waals surface area contributed by atoms with Crippen LogP contribution in [-0.2, 0) is 15.1 Å². The quantitative estimate of drug-likeness (QED) is 0.222. The van der Waals surface area contributed by atoms with Gasteiger partial charge in [0.1, 0.15) is 5.60 Å². The van der Waals surface area contributed by atoms with Gasteiger partial charge in [0.25, 0.3) is 0 Å². The third-order valence-electron chi connectivity index (χ3n) is 7.33. The zero-order valence-corrected chi connectivity index (χ0v) is 25.4. The number of nitrogens with zero attached hydrogens (tertiary/aromatic N) is 3. The number of carbonyl (C=O) groups excluding carboxylic acids is 2. The van der Waals surface area contributed by atoms with Crippen LogP contribution in [-0.4, -0.2) is 49.8 Å². The van der Waals surface area contributed by atoms with Crippen molar-refractivity contribution in [3.8, 4) is 0 Å². The lowest BCUT2D eigenvalue weighted by Crippen LogP contribution is -2.52. The highest BCUT2D eigenvalue weighted by Gasteiger charge is 2.44. The monoisotopic (exact) mass is 579 g/mol. The van der Waals surface area contributed by atoms with Gasteiger partial charge in [-0.2, -0.15) is 9.78 Å². The predicted octanol–water partition coefficient (Wildman–Crippen LogP) is 7.40. The molecule has 216 valence electrons. The van der Waals surface area contributed by atoms with Gasteiger partial charge < -0.3 is 4.74 Å². The summed E-state index contributed by atoms with van der Waals surface area (Å²) < 4.78 is 6.72. The number of piperidine rings is 1. The molecule has 42 heavy (non-hydrogen) atoms. The van der Waals surface area contributed by atoms with Crippen molar-refractivity contribution >= 4 is 29.0 Å². The molecule has 1 aromatic heterocycles. The van der Waals surface area contributed by atoms with Crippen molar-refractivity contribution in [2.45, 2.75) is 50.5 Å². The average molecular weight is 580 g/mol. The van der Waals surface area contributed by atoms with E-state index in [0.29, 0.717) is 12.2 Å². The van der Waals surface area contributed by atoms with E-state index in [-0.39, 0.29) is 10.4 Å². The average Bonchev–Trinajstić information content (AvgIpc) is 3.44. The predicted molar refractivity (Wildman–Crippen MR) is 169 cm³/mol. The van der Waals surface area contributed by atoms with E-state index >= 15 is 0 Å². The summed E-state index contributed by atoms with van der Waals surface area (Å²) >= 11 is 1.36. The summed E-state index contributed by atoms with van der Waals surface area (Å²) in [6, 6.07) is 33.7. The fourth-order valence-electron chi connectivity index (χ4n) is 5.72. The Morgan fingerprint density at radius 1 is 0.857 bits per heavy atom. The molecule has 7 heteroatoms. The minimum atomic E-state index is -0.621. The van der Waals surface area contributed by atoms with Crippen molar-refractivity contribution in [1.82, 2.24) is 14.7 Å². The molecule has 6 nitrogen and oxygen atoms in total. The number of benzene rings is 3. The van der Waals surface area contributed by atoms with E-state index in [1.807, 2.05) is 51.1 Å². The summed E-state index contributed by atoms with van der Waals surface area (Å²) in [6.07, 6.45) is 3.91. The molecule has 2 heterocycles. The van der Waals surface area contributed by atoms with Gasteiger partial charge in [-0.05, 0) is 61.6 Å². The van der Waals surface area contributed by atoms with Crippen molar-refractivity contribution in [2.75, 3.05) is 13.1 Å². The molecule has 0 N–H and O–H groups in total. The molecule has 0 saturated carbocycles. The highest BCUT2D eigenvalue weighted by atomic mass is 32.2. The number of likely N-dealkylation sites (tertiary alicyclic amines) is 1. The van der Waals surface area contributed by atoms with E-state index in [4.69, 9.17) is 4.74 Å². The van der Waals surface area contributed by atoms with E-state index in [0.717, 1.165) is 18.5 Å². The molecule has 1 atom stereocenters. The van der Waals surface area contributed by atoms with Gasteiger partial charge in [0.15, 0.2) is 5.12 Å². The maximum atomic E-state index is 12.6. The zero-order chi connectivity index (χ0) is 29.7. The number of hydrogen-bond donors (Lipinski definition) is 0. The third-order valence-corrected chi connectivity index (χ3v) is 8.48. The molecule has 5 rings (SSSR count). The second kappa shape index (κ2) is 12.5. The number of hydrogen-bond acceptors (Lipinski definition) is 6. The molecule has 1 fully saturated rings. The number of thioether (sulfide) groups is 1. The summed E-state index contributed by atoms with van der Waals surface area (Å²) in [5.41, 5.74) is 4.07. The lowest BCUT2D eigenvalue weighted by molar-refractivity contribution is -0.109. The second-order valence-electron chi connectivity index (χ2n) is 11.5. The number of rotatable bonds is 6. The van der Waals surface area contributed by atoms with Crippen LogP contribution in [0.15, 0.2) is 109 Å². The van der Waals surface area contributed by atoms with E-state index in [1.165, 1.54) is 33.1 Å². The van der Waals surface area contributed by atoms with Crippen LogP contribution in [0.4, 0.5) is 4.79 Å². The first-order valence-corrected chi connectivity index (χ1v) is 15.1. The Morgan fingerprint density at radius 3 is 1.86 bits per heavy atom. The number of ether oxygens (including phenoxy) is 1. The van der Waals surface area contributed by atoms with Gasteiger partial charge in [-0.1, -0.05) is 103 Å². The zero-order valence-electron chi connectivity index (χ0n) is 24.6. The molecule has 1 aliphatic rings. The van der Waals surface area contributed by atoms with Crippen LogP contribution < -0.4 is 0 Å². The van der Waals surface area contributed by atoms with Gasteiger partial charge in [-0.3, -0.25) is 9.69 Å². The van der Waals surface area contributed by atoms with Gasteiger partial charge in [-0.15, -0.1) is 0 Å². The van der Waals surface area contributed by atoms with Gasteiger partial charge >= 0.3 is 6.09 Å². The largest absolute Gasteiger partial charge is 0.442 e. The summed E-state index contributed by atoms with van der Waals surface area (Å²) in [5, 5.41) is 4.60. The van der Waals surface area contributed by atoms with Crippen molar-refractivity contribution in [1.29, 1.82) is 0 Å². The lowest BCUT2D eigenvalue weighted by atomic mass is 9.74. The maximum Gasteiger partial charge on any atom is 0.435 e. The molecule has 0 amide bonds. The van der Waals surface area contributed by atoms with E-state index in [2.05, 4.69) is 82.8 Å². The maximum absolute atomic E-state index is 12.6. The first kappa shape index (κ1) is 29.5. The molecule has 1 unspecified atom stereocenters. The van der Waals surface area contributed by atoms with Crippen LogP contribution in [0.3, 0.4) is 0 Å². The fourth-order valence-corrected chi connectivity index (χ4v) is 6.64. The standard InChI is InChI=1S/C35H37N3O3S/c1-26(39)42-32-21-22-37(25-27(32)24-31-20-23-38(36-31)33(40)41-34(2,3)4)35(28-14-8-5-9-15-28,29-16-10-6-11-17-29)30-18-12-7-13-19-30/h5-20,23-24,32H,21-22,25H2,1-4H3/b27-24+. The minimum absolute atomic E-state index is 0.00504. The van der Waals surface area contributed by atoms with Gasteiger partial charge in [0.05, 0.1) is 11.2 Å². The molecule has 1 saturated heterocycles. The summed E-state index contributed by atoms with van der Waals surface area (Å²) in [6.45, 7) is 8.51. The Labute approximate surface area is 252 Å². The summed E-state index contributed by atoms with van der Waals surface area (Å²) in [7, 11) is 0. The smallest absolute Gasteiger partial charge is 0.435 e. The number of carbonyl (C=O) groups is 2. The minimum Gasteiger partial charge on any atom is -0.442 e. The molecule has 1 aliphatic heterocycles.